The highest BCUT2D eigenvalue weighted by molar-refractivity contribution is 6.38. The molecule has 0 aromatic carbocycles. The number of nitrogens with one attached hydrogen (secondary N) is 4. The van der Waals surface area contributed by atoms with Gasteiger partial charge in [-0.05, 0) is 46.8 Å². The average molecular weight is 647 g/mol. The van der Waals surface area contributed by atoms with Crippen LogP contribution in [0.2, 0.25) is 0 Å². The van der Waals surface area contributed by atoms with Gasteiger partial charge in [0.05, 0.1) is 18.7 Å². The number of hydrogen-bond acceptors (Lipinski definition) is 7. The third-order valence-electron chi connectivity index (χ3n) is 10.3. The number of ketones is 1. The van der Waals surface area contributed by atoms with E-state index in [9.17, 15) is 28.8 Å². The molecule has 2 saturated heterocycles. The first kappa shape index (κ1) is 35.5. The Morgan fingerprint density at radius 2 is 1.63 bits per heavy atom. The topological polar surface area (TPSA) is 166 Å². The summed E-state index contributed by atoms with van der Waals surface area (Å²) in [6.45, 7) is 17.1. The highest BCUT2D eigenvalue weighted by Gasteiger charge is 2.70. The fraction of sp³-hybridized carbons (Fsp3) is 0.818. The minimum atomic E-state index is -0.973. The third-order valence-corrected chi connectivity index (χ3v) is 10.3. The van der Waals surface area contributed by atoms with E-state index in [0.717, 1.165) is 12.8 Å². The minimum Gasteiger partial charge on any atom is -0.449 e. The van der Waals surface area contributed by atoms with Gasteiger partial charge in [-0.25, -0.2) is 9.59 Å². The number of carbonyl (C=O) groups is 6. The summed E-state index contributed by atoms with van der Waals surface area (Å²) < 4.78 is 5.18. The molecule has 0 radical (unpaired) electrons. The normalized spacial score (nSPS) is 25.8. The Balaban J connectivity index is 1.51. The Bertz CT molecular complexity index is 1230. The molecule has 0 spiro atoms. The van der Waals surface area contributed by atoms with E-state index in [4.69, 9.17) is 4.74 Å². The number of hydrogen-bond donors (Lipinski definition) is 4. The van der Waals surface area contributed by atoms with E-state index in [1.807, 2.05) is 41.5 Å². The Kier molecular flexibility index (Phi) is 10.0. The zero-order valence-corrected chi connectivity index (χ0v) is 29.0. The first-order chi connectivity index (χ1) is 21.3. The van der Waals surface area contributed by atoms with Crippen LogP contribution in [-0.2, 0) is 23.9 Å². The number of amides is 6. The molecule has 13 heteroatoms. The lowest BCUT2D eigenvalue weighted by molar-refractivity contribution is -0.145. The number of rotatable bonds is 11. The number of fused-ring (bicyclic) bond motifs is 1. The van der Waals surface area contributed by atoms with Crippen molar-refractivity contribution < 1.29 is 33.5 Å². The van der Waals surface area contributed by atoms with Crippen LogP contribution >= 0.6 is 0 Å². The molecule has 4 fully saturated rings. The molecule has 13 nitrogen and oxygen atoms in total. The lowest BCUT2D eigenvalue weighted by Gasteiger charge is -2.39. The van der Waals surface area contributed by atoms with Crippen LogP contribution in [0.5, 0.6) is 0 Å². The standard InChI is InChI=1S/C33H54N6O7/c1-31(2,3)21(17-38-13-10-14-46-30(38)45)36-29(44)37-25(32(4,5)6)28(43)39-16-19-22(33(19,7)8)23(39)26(41)35-20(15-18-11-12-18)24(40)27(42)34-9/h18-23,25H,10-17H2,1-9H3,(H,34,42)(H,35,41)(H2,36,37,44)/t19-,20?,21+,22-,23-,25+/m0/s1. The molecule has 0 bridgehead atoms. The molecule has 6 amide bonds. The van der Waals surface area contributed by atoms with Gasteiger partial charge < -0.3 is 35.8 Å². The van der Waals surface area contributed by atoms with Gasteiger partial charge in [-0.15, -0.1) is 0 Å². The predicted octanol–water partition coefficient (Wildman–Crippen LogP) is 2.04. The van der Waals surface area contributed by atoms with Crippen LogP contribution in [0.3, 0.4) is 0 Å². The number of likely N-dealkylation sites (N-methyl/N-ethyl adjacent to an activating group) is 1. The van der Waals surface area contributed by atoms with Crippen LogP contribution in [0.25, 0.3) is 0 Å². The predicted molar refractivity (Wildman–Crippen MR) is 170 cm³/mol. The highest BCUT2D eigenvalue weighted by Crippen LogP contribution is 2.65. The van der Waals surface area contributed by atoms with E-state index in [1.54, 1.807) is 9.80 Å². The summed E-state index contributed by atoms with van der Waals surface area (Å²) in [7, 11) is 1.38. The maximum atomic E-state index is 14.3. The molecule has 2 aliphatic heterocycles. The summed E-state index contributed by atoms with van der Waals surface area (Å²) >= 11 is 0. The Hall–Kier alpha value is -3.38. The number of nitrogens with zero attached hydrogens (tertiary/aromatic N) is 2. The molecule has 2 heterocycles. The maximum absolute atomic E-state index is 14.3. The van der Waals surface area contributed by atoms with Gasteiger partial charge >= 0.3 is 12.1 Å². The van der Waals surface area contributed by atoms with Crippen molar-refractivity contribution in [2.75, 3.05) is 33.3 Å². The van der Waals surface area contributed by atoms with Crippen molar-refractivity contribution in [1.29, 1.82) is 0 Å². The van der Waals surface area contributed by atoms with Crippen LogP contribution in [-0.4, -0.2) is 103 Å². The Labute approximate surface area is 272 Å². The van der Waals surface area contributed by atoms with Gasteiger partial charge in [-0.3, -0.25) is 19.2 Å². The monoisotopic (exact) mass is 646 g/mol. The van der Waals surface area contributed by atoms with Crippen LogP contribution in [0.15, 0.2) is 0 Å². The smallest absolute Gasteiger partial charge is 0.409 e. The first-order valence-corrected chi connectivity index (χ1v) is 16.6. The fourth-order valence-corrected chi connectivity index (χ4v) is 6.94. The second-order valence-corrected chi connectivity index (χ2v) is 16.3. The number of Topliss-reactive ketones (excluding diaryl/α,β-unsaturated/α-hetero) is 1. The number of ether oxygens (including phenoxy) is 1. The Morgan fingerprint density at radius 3 is 2.17 bits per heavy atom. The van der Waals surface area contributed by atoms with Crippen LogP contribution in [0.4, 0.5) is 9.59 Å². The number of piperidine rings is 1. The van der Waals surface area contributed by atoms with Gasteiger partial charge in [0.25, 0.3) is 5.91 Å². The zero-order valence-electron chi connectivity index (χ0n) is 29.0. The summed E-state index contributed by atoms with van der Waals surface area (Å²) in [4.78, 5) is 82.4. The second-order valence-electron chi connectivity index (χ2n) is 16.3. The van der Waals surface area contributed by atoms with E-state index in [2.05, 4.69) is 35.1 Å². The number of likely N-dealkylation sites (tertiary alicyclic amines) is 1. The molecular weight excluding hydrogens is 592 g/mol. The molecule has 0 aromatic rings. The molecule has 2 aliphatic carbocycles. The molecule has 2 saturated carbocycles. The van der Waals surface area contributed by atoms with Crippen LogP contribution in [0, 0.1) is 34.0 Å². The van der Waals surface area contributed by atoms with Gasteiger partial charge in [0.1, 0.15) is 12.1 Å². The lowest BCUT2D eigenvalue weighted by atomic mass is 9.85. The average Bonchev–Trinajstić information content (AvgIpc) is 3.81. The van der Waals surface area contributed by atoms with Crippen molar-refractivity contribution in [3.05, 3.63) is 0 Å². The molecular formula is C33H54N6O7. The summed E-state index contributed by atoms with van der Waals surface area (Å²) in [5.41, 5.74) is -1.30. The van der Waals surface area contributed by atoms with Crippen molar-refractivity contribution in [3.8, 4) is 0 Å². The molecule has 4 rings (SSSR count). The molecule has 1 unspecified atom stereocenters. The van der Waals surface area contributed by atoms with E-state index in [1.165, 1.54) is 7.05 Å². The van der Waals surface area contributed by atoms with Crippen LogP contribution in [0.1, 0.15) is 81.1 Å². The van der Waals surface area contributed by atoms with Gasteiger partial charge in [0.15, 0.2) is 0 Å². The fourth-order valence-electron chi connectivity index (χ4n) is 6.94. The second kappa shape index (κ2) is 13.0. The molecule has 4 N–H and O–H groups in total. The zero-order chi connectivity index (χ0) is 34.4. The van der Waals surface area contributed by atoms with Gasteiger partial charge in [-0.1, -0.05) is 68.2 Å². The molecule has 46 heavy (non-hydrogen) atoms. The van der Waals surface area contributed by atoms with Gasteiger partial charge in [0, 0.05) is 26.7 Å². The van der Waals surface area contributed by atoms with Crippen molar-refractivity contribution >= 4 is 35.6 Å². The number of urea groups is 1. The third kappa shape index (κ3) is 7.76. The Morgan fingerprint density at radius 1 is 0.978 bits per heavy atom. The molecule has 4 aliphatic rings. The summed E-state index contributed by atoms with van der Waals surface area (Å²) in [6, 6.07) is -3.77. The van der Waals surface area contributed by atoms with Gasteiger partial charge in [0.2, 0.25) is 17.6 Å². The highest BCUT2D eigenvalue weighted by atomic mass is 16.6. The molecule has 0 aromatic heterocycles. The van der Waals surface area contributed by atoms with Crippen molar-refractivity contribution in [2.24, 2.45) is 34.0 Å². The molecule has 6 atom stereocenters. The van der Waals surface area contributed by atoms with Crippen molar-refractivity contribution in [2.45, 2.75) is 105 Å². The van der Waals surface area contributed by atoms with E-state index >= 15 is 0 Å². The largest absolute Gasteiger partial charge is 0.449 e. The SMILES string of the molecule is CNC(=O)C(=O)C(CC1CC1)NC(=O)[C@@H]1[C@@H]2[C@H](CN1C(=O)[C@@H](NC(=O)N[C@H](CN1CCCOC1=O)C(C)(C)C)C(C)(C)C)C2(C)C. The quantitative estimate of drug-likeness (QED) is 0.249. The first-order valence-electron chi connectivity index (χ1n) is 16.6. The van der Waals surface area contributed by atoms with E-state index in [-0.39, 0.29) is 35.6 Å². The summed E-state index contributed by atoms with van der Waals surface area (Å²) in [5, 5.41) is 11.1. The minimum absolute atomic E-state index is 0.0905. The summed E-state index contributed by atoms with van der Waals surface area (Å²) in [6.07, 6.45) is 2.56. The number of cyclic esters (lactones) is 1. The van der Waals surface area contributed by atoms with E-state index < -0.39 is 64.7 Å². The van der Waals surface area contributed by atoms with Crippen molar-refractivity contribution in [3.63, 3.8) is 0 Å². The maximum Gasteiger partial charge on any atom is 0.409 e. The molecule has 258 valence electrons. The van der Waals surface area contributed by atoms with Crippen molar-refractivity contribution in [1.82, 2.24) is 31.1 Å². The number of carbonyl (C=O) groups excluding carboxylic acids is 6. The van der Waals surface area contributed by atoms with E-state index in [0.29, 0.717) is 32.5 Å². The lowest BCUT2D eigenvalue weighted by Crippen LogP contribution is -2.63. The summed E-state index contributed by atoms with van der Waals surface area (Å²) in [5.74, 6) is -2.03. The van der Waals surface area contributed by atoms with Gasteiger partial charge in [-0.2, -0.15) is 0 Å². The van der Waals surface area contributed by atoms with Crippen LogP contribution < -0.4 is 21.3 Å².